The summed E-state index contributed by atoms with van der Waals surface area (Å²) >= 11 is 0. The molecule has 4 fully saturated rings. The zero-order valence-electron chi connectivity index (χ0n) is 15.2. The molecular weight excluding hydrogens is 371 g/mol. The second-order valence-corrected chi connectivity index (χ2v) is 8.51. The van der Waals surface area contributed by atoms with Gasteiger partial charge in [0.1, 0.15) is 11.5 Å². The lowest BCUT2D eigenvalue weighted by molar-refractivity contribution is -0.384. The maximum absolute atomic E-state index is 13.2. The first-order valence-electron chi connectivity index (χ1n) is 9.31. The number of halogens is 1. The van der Waals surface area contributed by atoms with Crippen LogP contribution in [0.2, 0.25) is 0 Å². The second-order valence-electron chi connectivity index (χ2n) is 8.51. The number of anilines is 1. The summed E-state index contributed by atoms with van der Waals surface area (Å²) in [4.78, 5) is 35.0. The van der Waals surface area contributed by atoms with Crippen molar-refractivity contribution in [2.45, 2.75) is 44.1 Å². The lowest BCUT2D eigenvalue weighted by Gasteiger charge is -2.58. The van der Waals surface area contributed by atoms with Crippen molar-refractivity contribution in [3.8, 4) is 0 Å². The Balaban J connectivity index is 1.39. The van der Waals surface area contributed by atoms with Crippen molar-refractivity contribution in [2.75, 3.05) is 11.9 Å². The molecule has 0 spiro atoms. The van der Waals surface area contributed by atoms with E-state index in [9.17, 15) is 29.2 Å². The molecule has 8 nitrogen and oxygen atoms in total. The van der Waals surface area contributed by atoms with E-state index in [1.54, 1.807) is 0 Å². The number of nitro benzene ring substituents is 1. The number of nitrogens with zero attached hydrogens (tertiary/aromatic N) is 1. The van der Waals surface area contributed by atoms with Gasteiger partial charge in [0.05, 0.1) is 22.0 Å². The summed E-state index contributed by atoms with van der Waals surface area (Å²) in [5.41, 5.74) is -2.32. The number of aliphatic hydroxyl groups is 1. The van der Waals surface area contributed by atoms with Crippen molar-refractivity contribution in [1.82, 2.24) is 0 Å². The van der Waals surface area contributed by atoms with Crippen LogP contribution in [0.4, 0.5) is 15.8 Å². The maximum atomic E-state index is 13.2. The Hall–Kier alpha value is -2.55. The predicted molar refractivity (Wildman–Crippen MR) is 94.7 cm³/mol. The number of esters is 1. The number of amides is 1. The van der Waals surface area contributed by atoms with Crippen LogP contribution >= 0.6 is 0 Å². The maximum Gasteiger partial charge on any atom is 0.312 e. The van der Waals surface area contributed by atoms with Gasteiger partial charge in [0.2, 0.25) is 0 Å². The number of hydrogen-bond donors (Lipinski definition) is 2. The summed E-state index contributed by atoms with van der Waals surface area (Å²) in [7, 11) is 0. The fourth-order valence-corrected chi connectivity index (χ4v) is 5.69. The number of carbonyl (C=O) groups is 2. The first-order valence-corrected chi connectivity index (χ1v) is 9.31. The van der Waals surface area contributed by atoms with E-state index in [4.69, 9.17) is 4.74 Å². The first-order chi connectivity index (χ1) is 13.2. The van der Waals surface area contributed by atoms with Crippen LogP contribution in [0, 0.1) is 33.2 Å². The minimum absolute atomic E-state index is 0.170. The van der Waals surface area contributed by atoms with Gasteiger partial charge in [0.25, 0.3) is 11.6 Å². The lowest BCUT2D eigenvalue weighted by Crippen LogP contribution is -2.58. The summed E-state index contributed by atoms with van der Waals surface area (Å²) < 4.78 is 18.4. The van der Waals surface area contributed by atoms with Crippen molar-refractivity contribution in [3.63, 3.8) is 0 Å². The van der Waals surface area contributed by atoms with Gasteiger partial charge >= 0.3 is 5.97 Å². The SMILES string of the molecule is O=C(COC(=O)C12CC3CC(CC(O)(C3)C1)C2)Nc1ccc(F)cc1[N+](=O)[O-]. The fraction of sp³-hybridized carbons (Fsp3) is 0.579. The third-order valence-electron chi connectivity index (χ3n) is 6.23. The van der Waals surface area contributed by atoms with Gasteiger partial charge in [-0.3, -0.25) is 19.7 Å². The van der Waals surface area contributed by atoms with Gasteiger partial charge in [-0.15, -0.1) is 0 Å². The van der Waals surface area contributed by atoms with E-state index >= 15 is 0 Å². The molecule has 4 bridgehead atoms. The van der Waals surface area contributed by atoms with Gasteiger partial charge in [-0.2, -0.15) is 0 Å². The zero-order valence-corrected chi connectivity index (χ0v) is 15.2. The van der Waals surface area contributed by atoms with E-state index in [-0.39, 0.29) is 5.69 Å². The van der Waals surface area contributed by atoms with Crippen LogP contribution in [0.5, 0.6) is 0 Å². The standard InChI is InChI=1S/C19H21FN2O6/c20-13-1-2-14(15(4-13)22(26)27)21-16(23)9-28-17(24)18-5-11-3-12(6-18)8-19(25,7-11)10-18/h1-2,4,11-12,25H,3,5-10H2,(H,21,23). The molecular formula is C19H21FN2O6. The number of nitrogens with one attached hydrogen (secondary N) is 1. The molecule has 0 radical (unpaired) electrons. The highest BCUT2D eigenvalue weighted by Gasteiger charge is 2.60. The molecule has 1 aromatic rings. The molecule has 28 heavy (non-hydrogen) atoms. The van der Waals surface area contributed by atoms with E-state index in [1.165, 1.54) is 0 Å². The third kappa shape index (κ3) is 3.34. The van der Waals surface area contributed by atoms with Crippen LogP contribution in [0.1, 0.15) is 38.5 Å². The molecule has 2 atom stereocenters. The number of benzene rings is 1. The van der Waals surface area contributed by atoms with Crippen LogP contribution in [0.3, 0.4) is 0 Å². The highest BCUT2D eigenvalue weighted by Crippen LogP contribution is 2.61. The molecule has 9 heteroatoms. The van der Waals surface area contributed by atoms with Gasteiger partial charge in [0, 0.05) is 0 Å². The van der Waals surface area contributed by atoms with Gasteiger partial charge in [-0.1, -0.05) is 0 Å². The Bertz CT molecular complexity index is 843. The molecule has 2 unspecified atom stereocenters. The Morgan fingerprint density at radius 3 is 2.57 bits per heavy atom. The van der Waals surface area contributed by atoms with E-state index in [0.717, 1.165) is 18.6 Å². The minimum atomic E-state index is -0.819. The fourth-order valence-electron chi connectivity index (χ4n) is 5.69. The lowest BCUT2D eigenvalue weighted by atomic mass is 9.48. The Morgan fingerprint density at radius 2 is 1.96 bits per heavy atom. The van der Waals surface area contributed by atoms with E-state index in [1.807, 2.05) is 0 Å². The van der Waals surface area contributed by atoms with Crippen LogP contribution in [-0.2, 0) is 14.3 Å². The number of hydrogen-bond acceptors (Lipinski definition) is 6. The molecule has 0 aliphatic heterocycles. The molecule has 1 aromatic carbocycles. The van der Waals surface area contributed by atoms with Crippen LogP contribution in [0.15, 0.2) is 18.2 Å². The molecule has 4 saturated carbocycles. The van der Waals surface area contributed by atoms with E-state index in [2.05, 4.69) is 5.32 Å². The highest BCUT2D eigenvalue weighted by molar-refractivity contribution is 5.95. The van der Waals surface area contributed by atoms with Gasteiger partial charge in [-0.05, 0) is 62.5 Å². The van der Waals surface area contributed by atoms with Crippen molar-refractivity contribution >= 4 is 23.3 Å². The second kappa shape index (κ2) is 6.51. The number of nitro groups is 1. The Kier molecular flexibility index (Phi) is 4.37. The average Bonchev–Trinajstić information content (AvgIpc) is 2.59. The largest absolute Gasteiger partial charge is 0.455 e. The van der Waals surface area contributed by atoms with Gasteiger partial charge in [-0.25, -0.2) is 4.39 Å². The highest BCUT2D eigenvalue weighted by atomic mass is 19.1. The molecule has 0 aromatic heterocycles. The summed E-state index contributed by atoms with van der Waals surface area (Å²) in [5.74, 6) is -1.44. The molecule has 0 saturated heterocycles. The molecule has 5 rings (SSSR count). The number of rotatable bonds is 5. The van der Waals surface area contributed by atoms with E-state index in [0.29, 0.717) is 50.0 Å². The van der Waals surface area contributed by atoms with Crippen LogP contribution in [-0.4, -0.2) is 34.1 Å². The van der Waals surface area contributed by atoms with Crippen LogP contribution < -0.4 is 5.32 Å². The predicted octanol–water partition coefficient (Wildman–Crippen LogP) is 2.55. The monoisotopic (exact) mass is 392 g/mol. The Morgan fingerprint density at radius 1 is 1.29 bits per heavy atom. The normalized spacial score (nSPS) is 32.8. The van der Waals surface area contributed by atoms with Crippen molar-refractivity contribution in [2.24, 2.45) is 17.3 Å². The van der Waals surface area contributed by atoms with Crippen molar-refractivity contribution < 1.29 is 28.7 Å². The summed E-state index contributed by atoms with van der Waals surface area (Å²) in [6.45, 7) is -0.594. The average molecular weight is 392 g/mol. The topological polar surface area (TPSA) is 119 Å². The van der Waals surface area contributed by atoms with Gasteiger partial charge in [0.15, 0.2) is 6.61 Å². The van der Waals surface area contributed by atoms with Crippen LogP contribution in [0.25, 0.3) is 0 Å². The summed E-state index contributed by atoms with van der Waals surface area (Å²) in [6, 6.07) is 2.78. The molecule has 0 heterocycles. The molecule has 2 N–H and O–H groups in total. The molecule has 4 aliphatic rings. The zero-order chi connectivity index (χ0) is 20.1. The molecule has 4 aliphatic carbocycles. The number of carbonyl (C=O) groups excluding carboxylic acids is 2. The molecule has 1 amide bonds. The third-order valence-corrected chi connectivity index (χ3v) is 6.23. The Labute approximate surface area is 160 Å². The summed E-state index contributed by atoms with van der Waals surface area (Å²) in [5, 5.41) is 24.0. The summed E-state index contributed by atoms with van der Waals surface area (Å²) in [6.07, 6.45) is 4.13. The number of ether oxygens (including phenoxy) is 1. The van der Waals surface area contributed by atoms with Crippen molar-refractivity contribution in [1.29, 1.82) is 0 Å². The van der Waals surface area contributed by atoms with E-state index < -0.39 is 45.9 Å². The smallest absolute Gasteiger partial charge is 0.312 e. The minimum Gasteiger partial charge on any atom is -0.455 e. The quantitative estimate of drug-likeness (QED) is 0.452. The molecule has 150 valence electrons. The first kappa shape index (κ1) is 18.8. The van der Waals surface area contributed by atoms with Crippen molar-refractivity contribution in [3.05, 3.63) is 34.1 Å². The van der Waals surface area contributed by atoms with Gasteiger partial charge < -0.3 is 15.2 Å².